The van der Waals surface area contributed by atoms with Gasteiger partial charge < -0.3 is 27.5 Å². The van der Waals surface area contributed by atoms with Crippen molar-refractivity contribution in [1.29, 1.82) is 0 Å². The number of hydrogen-bond acceptors (Lipinski definition) is 6. The second-order valence-corrected chi connectivity index (χ2v) is 5.46. The standard InChI is InChI=1S/C12H22N4O2S.ClH/c1-5-16(6-2)9(17)7-19-12-15-14-11(18-12)10(13)8(3)4;/h8,10H,5-7,13H2,1-4H3;1H/p-1/t10-;/m0./s1. The van der Waals surface area contributed by atoms with E-state index in [-0.39, 0.29) is 30.3 Å². The lowest BCUT2D eigenvalue weighted by Gasteiger charge is -2.17. The van der Waals surface area contributed by atoms with Crippen LogP contribution in [0.4, 0.5) is 0 Å². The first-order chi connectivity index (χ1) is 8.99. The second-order valence-electron chi connectivity index (χ2n) is 4.53. The fraction of sp³-hybridized carbons (Fsp3) is 0.750. The number of carbonyl (C=O) groups is 1. The summed E-state index contributed by atoms with van der Waals surface area (Å²) in [5.74, 6) is 1.03. The molecule has 20 heavy (non-hydrogen) atoms. The largest absolute Gasteiger partial charge is 1.00 e. The van der Waals surface area contributed by atoms with Gasteiger partial charge in [0.2, 0.25) is 11.8 Å². The predicted octanol–water partition coefficient (Wildman–Crippen LogP) is -1.31. The molecule has 0 unspecified atom stereocenters. The Balaban J connectivity index is 0.00000361. The molecule has 0 aliphatic heterocycles. The van der Waals surface area contributed by atoms with Crippen molar-refractivity contribution in [3.63, 3.8) is 0 Å². The molecule has 2 N–H and O–H groups in total. The van der Waals surface area contributed by atoms with Crippen LogP contribution in [0.2, 0.25) is 0 Å². The maximum absolute atomic E-state index is 11.8. The lowest BCUT2D eigenvalue weighted by molar-refractivity contribution is -0.127. The molecule has 0 fully saturated rings. The van der Waals surface area contributed by atoms with Gasteiger partial charge in [0.1, 0.15) is 0 Å². The molecular weight excluding hydrogens is 300 g/mol. The summed E-state index contributed by atoms with van der Waals surface area (Å²) in [7, 11) is 0. The van der Waals surface area contributed by atoms with Gasteiger partial charge in [-0.05, 0) is 19.8 Å². The van der Waals surface area contributed by atoms with Crippen LogP contribution in [-0.2, 0) is 4.79 Å². The van der Waals surface area contributed by atoms with E-state index in [0.29, 0.717) is 30.0 Å². The van der Waals surface area contributed by atoms with Gasteiger partial charge in [0.05, 0.1) is 11.8 Å². The molecule has 1 rings (SSSR count). The average molecular weight is 322 g/mol. The molecule has 1 aromatic heterocycles. The van der Waals surface area contributed by atoms with E-state index in [9.17, 15) is 4.79 Å². The number of amides is 1. The van der Waals surface area contributed by atoms with Crippen LogP contribution in [0.3, 0.4) is 0 Å². The Kier molecular flexibility index (Phi) is 8.84. The van der Waals surface area contributed by atoms with Crippen LogP contribution in [-0.4, -0.2) is 39.8 Å². The van der Waals surface area contributed by atoms with Crippen LogP contribution < -0.4 is 18.1 Å². The summed E-state index contributed by atoms with van der Waals surface area (Å²) in [6.07, 6.45) is 0. The molecule has 6 nitrogen and oxygen atoms in total. The molecule has 1 atom stereocenters. The second kappa shape index (κ2) is 9.20. The van der Waals surface area contributed by atoms with Gasteiger partial charge in [0.15, 0.2) is 0 Å². The van der Waals surface area contributed by atoms with Crippen molar-refractivity contribution < 1.29 is 21.6 Å². The molecule has 0 aliphatic carbocycles. The van der Waals surface area contributed by atoms with E-state index in [1.807, 2.05) is 27.7 Å². The number of rotatable bonds is 7. The van der Waals surface area contributed by atoms with Gasteiger partial charge in [-0.25, -0.2) is 0 Å². The molecule has 1 amide bonds. The van der Waals surface area contributed by atoms with Crippen molar-refractivity contribution in [1.82, 2.24) is 15.1 Å². The first kappa shape index (κ1) is 19.2. The third-order valence-electron chi connectivity index (χ3n) is 2.86. The fourth-order valence-electron chi connectivity index (χ4n) is 1.49. The summed E-state index contributed by atoms with van der Waals surface area (Å²) in [5.41, 5.74) is 5.92. The quantitative estimate of drug-likeness (QED) is 0.628. The van der Waals surface area contributed by atoms with Crippen LogP contribution in [0.5, 0.6) is 0 Å². The molecule has 0 saturated heterocycles. The summed E-state index contributed by atoms with van der Waals surface area (Å²) >= 11 is 1.25. The van der Waals surface area contributed by atoms with E-state index in [0.717, 1.165) is 0 Å². The Bertz CT molecular complexity index is 410. The van der Waals surface area contributed by atoms with E-state index >= 15 is 0 Å². The van der Waals surface area contributed by atoms with E-state index in [1.165, 1.54) is 11.8 Å². The van der Waals surface area contributed by atoms with Crippen molar-refractivity contribution in [2.45, 2.75) is 39.0 Å². The van der Waals surface area contributed by atoms with Gasteiger partial charge in [0.25, 0.3) is 5.22 Å². The Morgan fingerprint density at radius 1 is 1.35 bits per heavy atom. The van der Waals surface area contributed by atoms with E-state index < -0.39 is 0 Å². The minimum Gasteiger partial charge on any atom is -1.00 e. The zero-order chi connectivity index (χ0) is 14.4. The molecule has 1 heterocycles. The van der Waals surface area contributed by atoms with Crippen molar-refractivity contribution in [3.8, 4) is 0 Å². The Morgan fingerprint density at radius 3 is 2.45 bits per heavy atom. The molecule has 0 aliphatic rings. The van der Waals surface area contributed by atoms with Gasteiger partial charge in [-0.2, -0.15) is 0 Å². The number of nitrogens with two attached hydrogens (primary N) is 1. The molecule has 1 aromatic rings. The number of nitrogens with zero attached hydrogens (tertiary/aromatic N) is 3. The molecule has 0 aromatic carbocycles. The highest BCUT2D eigenvalue weighted by molar-refractivity contribution is 7.99. The zero-order valence-corrected chi connectivity index (χ0v) is 13.9. The Morgan fingerprint density at radius 2 is 1.95 bits per heavy atom. The summed E-state index contributed by atoms with van der Waals surface area (Å²) in [6.45, 7) is 9.32. The van der Waals surface area contributed by atoms with Crippen molar-refractivity contribution in [2.75, 3.05) is 18.8 Å². The summed E-state index contributed by atoms with van der Waals surface area (Å²) in [5, 5.41) is 8.21. The van der Waals surface area contributed by atoms with E-state index in [2.05, 4.69) is 10.2 Å². The number of aromatic nitrogens is 2. The SMILES string of the molecule is CCN(CC)C(=O)CSc1nnc([C@@H](N)C(C)C)o1.[Cl-]. The number of hydrogen-bond donors (Lipinski definition) is 1. The van der Waals surface area contributed by atoms with Crippen molar-refractivity contribution in [3.05, 3.63) is 5.89 Å². The average Bonchev–Trinajstić information content (AvgIpc) is 2.85. The fourth-order valence-corrected chi connectivity index (χ4v) is 2.16. The van der Waals surface area contributed by atoms with Crippen LogP contribution >= 0.6 is 11.8 Å². The molecular formula is C12H22ClN4O2S-. The summed E-state index contributed by atoms with van der Waals surface area (Å²) < 4.78 is 5.45. The Labute approximate surface area is 130 Å². The van der Waals surface area contributed by atoms with Gasteiger partial charge >= 0.3 is 0 Å². The molecule has 8 heteroatoms. The highest BCUT2D eigenvalue weighted by atomic mass is 35.5. The first-order valence-corrected chi connectivity index (χ1v) is 7.47. The minimum atomic E-state index is -0.264. The lowest BCUT2D eigenvalue weighted by Crippen LogP contribution is -3.00. The van der Waals surface area contributed by atoms with Crippen LogP contribution in [0, 0.1) is 5.92 Å². The van der Waals surface area contributed by atoms with Gasteiger partial charge in [-0.1, -0.05) is 25.6 Å². The van der Waals surface area contributed by atoms with Crippen LogP contribution in [0.25, 0.3) is 0 Å². The number of carbonyl (C=O) groups excluding carboxylic acids is 1. The van der Waals surface area contributed by atoms with Gasteiger partial charge in [-0.3, -0.25) is 4.79 Å². The molecule has 116 valence electrons. The third-order valence-corrected chi connectivity index (χ3v) is 3.66. The maximum atomic E-state index is 11.8. The predicted molar refractivity (Wildman–Crippen MR) is 74.7 cm³/mol. The lowest BCUT2D eigenvalue weighted by atomic mass is 10.1. The first-order valence-electron chi connectivity index (χ1n) is 6.49. The molecule has 0 saturated carbocycles. The summed E-state index contributed by atoms with van der Waals surface area (Å²) in [6, 6.07) is -0.264. The van der Waals surface area contributed by atoms with Crippen LogP contribution in [0.1, 0.15) is 39.6 Å². The number of thioether (sulfide) groups is 1. The molecule has 0 radical (unpaired) electrons. The van der Waals surface area contributed by atoms with Crippen LogP contribution in [0.15, 0.2) is 9.64 Å². The third kappa shape index (κ3) is 5.30. The Hall–Kier alpha value is -0.790. The number of halogens is 1. The normalized spacial score (nSPS) is 12.1. The zero-order valence-electron chi connectivity index (χ0n) is 12.3. The smallest absolute Gasteiger partial charge is 0.277 e. The van der Waals surface area contributed by atoms with Crippen molar-refractivity contribution in [2.24, 2.45) is 11.7 Å². The summed E-state index contributed by atoms with van der Waals surface area (Å²) in [4.78, 5) is 13.6. The topological polar surface area (TPSA) is 85.2 Å². The maximum Gasteiger partial charge on any atom is 0.277 e. The monoisotopic (exact) mass is 321 g/mol. The molecule has 0 spiro atoms. The minimum absolute atomic E-state index is 0. The highest BCUT2D eigenvalue weighted by Crippen LogP contribution is 2.22. The highest BCUT2D eigenvalue weighted by Gasteiger charge is 2.19. The van der Waals surface area contributed by atoms with E-state index in [1.54, 1.807) is 4.90 Å². The van der Waals surface area contributed by atoms with Gasteiger partial charge in [0, 0.05) is 13.1 Å². The molecule has 0 bridgehead atoms. The van der Waals surface area contributed by atoms with E-state index in [4.69, 9.17) is 10.2 Å². The van der Waals surface area contributed by atoms with Crippen molar-refractivity contribution >= 4 is 17.7 Å². The van der Waals surface area contributed by atoms with Gasteiger partial charge in [-0.15, -0.1) is 10.2 Å².